The van der Waals surface area contributed by atoms with Crippen molar-refractivity contribution < 1.29 is 9.53 Å². The predicted octanol–water partition coefficient (Wildman–Crippen LogP) is 2.16. The third kappa shape index (κ3) is 6.76. The molecule has 0 spiro atoms. The van der Waals surface area contributed by atoms with Crippen molar-refractivity contribution in [3.63, 3.8) is 0 Å². The first-order chi connectivity index (χ1) is 9.06. The van der Waals surface area contributed by atoms with Gasteiger partial charge in [0.1, 0.15) is 0 Å². The molecule has 20 heavy (non-hydrogen) atoms. The fraction of sp³-hybridized carbons (Fsp3) is 0.857. The van der Waals surface area contributed by atoms with Crippen LogP contribution < -0.4 is 10.6 Å². The summed E-state index contributed by atoms with van der Waals surface area (Å²) in [5.74, 6) is 1.24. The molecule has 0 heterocycles. The molecule has 1 aliphatic rings. The lowest BCUT2D eigenvalue weighted by atomic mass is 9.87. The highest BCUT2D eigenvalue weighted by Gasteiger charge is 2.19. The van der Waals surface area contributed by atoms with Crippen LogP contribution in [0.2, 0.25) is 0 Å². The van der Waals surface area contributed by atoms with Crippen LogP contribution >= 0.6 is 24.0 Å². The Balaban J connectivity index is 0.00000361. The zero-order valence-electron chi connectivity index (χ0n) is 12.9. The minimum absolute atomic E-state index is 0. The molecule has 6 heteroatoms. The second-order valence-electron chi connectivity index (χ2n) is 5.48. The van der Waals surface area contributed by atoms with Crippen LogP contribution in [0.1, 0.15) is 39.5 Å². The van der Waals surface area contributed by atoms with E-state index in [1.807, 2.05) is 6.92 Å². The minimum Gasteiger partial charge on any atom is -0.469 e. The molecule has 2 N–H and O–H groups in total. The van der Waals surface area contributed by atoms with Gasteiger partial charge in [-0.15, -0.1) is 24.0 Å². The summed E-state index contributed by atoms with van der Waals surface area (Å²) in [6.07, 6.45) is 4.92. The van der Waals surface area contributed by atoms with Crippen molar-refractivity contribution in [3.05, 3.63) is 0 Å². The number of halogens is 1. The van der Waals surface area contributed by atoms with Crippen molar-refractivity contribution in [1.82, 2.24) is 10.6 Å². The number of esters is 1. The Morgan fingerprint density at radius 3 is 2.45 bits per heavy atom. The Bertz CT molecular complexity index is 316. The van der Waals surface area contributed by atoms with E-state index in [1.54, 1.807) is 7.05 Å². The van der Waals surface area contributed by atoms with Gasteiger partial charge in [0.15, 0.2) is 5.96 Å². The molecular weight excluding hydrogens is 369 g/mol. The highest BCUT2D eigenvalue weighted by Crippen LogP contribution is 2.23. The van der Waals surface area contributed by atoms with E-state index in [1.165, 1.54) is 32.8 Å². The maximum absolute atomic E-state index is 11.3. The molecule has 1 fully saturated rings. The number of aliphatic imine (C=N–C) groups is 1. The lowest BCUT2D eigenvalue weighted by molar-refractivity contribution is -0.144. The van der Waals surface area contributed by atoms with Crippen LogP contribution in [-0.2, 0) is 9.53 Å². The topological polar surface area (TPSA) is 62.7 Å². The highest BCUT2D eigenvalue weighted by molar-refractivity contribution is 14.0. The van der Waals surface area contributed by atoms with Crippen LogP contribution in [0, 0.1) is 11.8 Å². The standard InChI is InChI=1S/C14H27N3O2.HI/c1-10-5-7-12(8-6-10)17-14(15-3)16-9-11(2)13(18)19-4;/h10-12H,5-9H2,1-4H3,(H2,15,16,17);1H. The fourth-order valence-electron chi connectivity index (χ4n) is 2.33. The first-order valence-corrected chi connectivity index (χ1v) is 7.11. The number of methoxy groups -OCH3 is 1. The van der Waals surface area contributed by atoms with Gasteiger partial charge in [0, 0.05) is 19.6 Å². The van der Waals surface area contributed by atoms with Crippen molar-refractivity contribution in [2.24, 2.45) is 16.8 Å². The summed E-state index contributed by atoms with van der Waals surface area (Å²) in [6, 6.07) is 0.496. The first kappa shape index (κ1) is 19.5. The SMILES string of the molecule is CN=C(NCC(C)C(=O)OC)NC1CCC(C)CC1.I. The van der Waals surface area contributed by atoms with Gasteiger partial charge in [-0.3, -0.25) is 9.79 Å². The summed E-state index contributed by atoms with van der Waals surface area (Å²) in [5, 5.41) is 6.61. The number of nitrogens with one attached hydrogen (secondary N) is 2. The quantitative estimate of drug-likeness (QED) is 0.330. The molecule has 0 saturated heterocycles. The monoisotopic (exact) mass is 397 g/mol. The van der Waals surface area contributed by atoms with E-state index >= 15 is 0 Å². The van der Waals surface area contributed by atoms with E-state index in [-0.39, 0.29) is 35.9 Å². The van der Waals surface area contributed by atoms with E-state index in [4.69, 9.17) is 4.74 Å². The van der Waals surface area contributed by atoms with Crippen molar-refractivity contribution in [3.8, 4) is 0 Å². The van der Waals surface area contributed by atoms with E-state index in [0.29, 0.717) is 12.6 Å². The molecule has 0 aromatic rings. The summed E-state index contributed by atoms with van der Waals surface area (Å²) >= 11 is 0. The van der Waals surface area contributed by atoms with E-state index in [0.717, 1.165) is 11.9 Å². The zero-order chi connectivity index (χ0) is 14.3. The average molecular weight is 397 g/mol. The largest absolute Gasteiger partial charge is 0.469 e. The van der Waals surface area contributed by atoms with Gasteiger partial charge in [-0.1, -0.05) is 13.8 Å². The maximum Gasteiger partial charge on any atom is 0.310 e. The lowest BCUT2D eigenvalue weighted by Crippen LogP contribution is -2.46. The first-order valence-electron chi connectivity index (χ1n) is 7.11. The summed E-state index contributed by atoms with van der Waals surface area (Å²) < 4.78 is 4.70. The van der Waals surface area contributed by atoms with Crippen molar-refractivity contribution in [2.75, 3.05) is 20.7 Å². The normalized spacial score (nSPS) is 24.3. The molecule has 1 saturated carbocycles. The van der Waals surface area contributed by atoms with Gasteiger partial charge in [-0.05, 0) is 31.6 Å². The van der Waals surface area contributed by atoms with Crippen LogP contribution in [0.4, 0.5) is 0 Å². The number of ether oxygens (including phenoxy) is 1. The van der Waals surface area contributed by atoms with E-state index in [9.17, 15) is 4.79 Å². The molecule has 0 aliphatic heterocycles. The molecule has 118 valence electrons. The molecule has 1 unspecified atom stereocenters. The number of guanidine groups is 1. The number of hydrogen-bond acceptors (Lipinski definition) is 3. The summed E-state index contributed by atoms with van der Waals surface area (Å²) in [4.78, 5) is 15.5. The van der Waals surface area contributed by atoms with Crippen molar-refractivity contribution in [1.29, 1.82) is 0 Å². The third-order valence-corrected chi connectivity index (χ3v) is 3.76. The van der Waals surface area contributed by atoms with Crippen LogP contribution in [0.15, 0.2) is 4.99 Å². The predicted molar refractivity (Wildman–Crippen MR) is 92.5 cm³/mol. The van der Waals surface area contributed by atoms with Crippen molar-refractivity contribution >= 4 is 35.9 Å². The van der Waals surface area contributed by atoms with Gasteiger partial charge in [0.25, 0.3) is 0 Å². The lowest BCUT2D eigenvalue weighted by Gasteiger charge is -2.28. The zero-order valence-corrected chi connectivity index (χ0v) is 15.3. The second-order valence-corrected chi connectivity index (χ2v) is 5.48. The highest BCUT2D eigenvalue weighted by atomic mass is 127. The smallest absolute Gasteiger partial charge is 0.310 e. The molecule has 0 amide bonds. The number of carbonyl (C=O) groups is 1. The number of hydrogen-bond donors (Lipinski definition) is 2. The van der Waals surface area contributed by atoms with Crippen LogP contribution in [0.5, 0.6) is 0 Å². The Morgan fingerprint density at radius 1 is 1.35 bits per heavy atom. The fourth-order valence-corrected chi connectivity index (χ4v) is 2.33. The van der Waals surface area contributed by atoms with Gasteiger partial charge in [0.05, 0.1) is 13.0 Å². The number of nitrogens with zero attached hydrogens (tertiary/aromatic N) is 1. The summed E-state index contributed by atoms with van der Waals surface area (Å²) in [5.41, 5.74) is 0. The molecule has 1 rings (SSSR count). The molecule has 0 bridgehead atoms. The molecule has 1 atom stereocenters. The molecule has 1 aliphatic carbocycles. The molecule has 0 radical (unpaired) electrons. The number of carbonyl (C=O) groups excluding carboxylic acids is 1. The third-order valence-electron chi connectivity index (χ3n) is 3.76. The minimum atomic E-state index is -0.200. The van der Waals surface area contributed by atoms with E-state index in [2.05, 4.69) is 22.5 Å². The molecule has 0 aromatic heterocycles. The van der Waals surface area contributed by atoms with E-state index < -0.39 is 0 Å². The van der Waals surface area contributed by atoms with Crippen LogP contribution in [0.3, 0.4) is 0 Å². The van der Waals surface area contributed by atoms with Crippen LogP contribution in [-0.4, -0.2) is 38.7 Å². The Hall–Kier alpha value is -0.530. The maximum atomic E-state index is 11.3. The van der Waals surface area contributed by atoms with Crippen LogP contribution in [0.25, 0.3) is 0 Å². The molecule has 0 aromatic carbocycles. The Morgan fingerprint density at radius 2 is 1.95 bits per heavy atom. The number of rotatable bonds is 4. The van der Waals surface area contributed by atoms with Gasteiger partial charge in [0.2, 0.25) is 0 Å². The average Bonchev–Trinajstić information content (AvgIpc) is 2.44. The van der Waals surface area contributed by atoms with Gasteiger partial charge >= 0.3 is 5.97 Å². The summed E-state index contributed by atoms with van der Waals surface area (Å²) in [6.45, 7) is 4.69. The van der Waals surface area contributed by atoms with Gasteiger partial charge in [-0.25, -0.2) is 0 Å². The van der Waals surface area contributed by atoms with Gasteiger partial charge < -0.3 is 15.4 Å². The molecule has 5 nitrogen and oxygen atoms in total. The van der Waals surface area contributed by atoms with Gasteiger partial charge in [-0.2, -0.15) is 0 Å². The van der Waals surface area contributed by atoms with Crippen molar-refractivity contribution in [2.45, 2.75) is 45.6 Å². The second kappa shape index (κ2) is 10.2. The summed E-state index contributed by atoms with van der Waals surface area (Å²) in [7, 11) is 3.17. The molecular formula is C14H28IN3O2. The Labute approximate surface area is 139 Å². The Kier molecular flexibility index (Phi) is 9.96.